The van der Waals surface area contributed by atoms with Gasteiger partial charge in [-0.3, -0.25) is 4.79 Å². The first-order valence-electron chi connectivity index (χ1n) is 11.0. The van der Waals surface area contributed by atoms with Crippen LogP contribution in [0.25, 0.3) is 0 Å². The van der Waals surface area contributed by atoms with Crippen LogP contribution in [0.4, 0.5) is 13.2 Å². The van der Waals surface area contributed by atoms with E-state index in [0.29, 0.717) is 25.6 Å². The van der Waals surface area contributed by atoms with Gasteiger partial charge in [0, 0.05) is 31.6 Å². The Morgan fingerprint density at radius 2 is 2.00 bits per heavy atom. The molecule has 10 heteroatoms. The third kappa shape index (κ3) is 8.32. The minimum absolute atomic E-state index is 0. The monoisotopic (exact) mass is 568 g/mol. The second-order valence-corrected chi connectivity index (χ2v) is 8.14. The number of likely N-dealkylation sites (tertiary alicyclic amines) is 1. The third-order valence-electron chi connectivity index (χ3n) is 5.61. The first-order valence-corrected chi connectivity index (χ1v) is 11.0. The van der Waals surface area contributed by atoms with Crippen LogP contribution in [0.15, 0.2) is 29.3 Å². The Morgan fingerprint density at radius 1 is 1.25 bits per heavy atom. The molecule has 3 rings (SSSR count). The van der Waals surface area contributed by atoms with E-state index in [1.807, 2.05) is 11.8 Å². The number of carbonyl (C=O) groups is 1. The number of benzene rings is 1. The SMILES string of the molecule is CCNC(=NCc1cccc(OCC(F)(F)F)c1)NC1CCN(C(=O)C2CCCC2)C1.I. The van der Waals surface area contributed by atoms with Crippen molar-refractivity contribution in [2.24, 2.45) is 10.9 Å². The van der Waals surface area contributed by atoms with Crippen molar-refractivity contribution in [1.82, 2.24) is 15.5 Å². The standard InChI is InChI=1S/C22H31F3N4O2.HI/c1-2-26-21(27-13-16-6-5-9-19(12-16)31-15-22(23,24)25)28-18-10-11-29(14-18)20(30)17-7-3-4-8-17;/h5-6,9,12,17-18H,2-4,7-8,10-11,13-15H2,1H3,(H2,26,27,28);1H. The highest BCUT2D eigenvalue weighted by Crippen LogP contribution is 2.28. The zero-order valence-corrected chi connectivity index (χ0v) is 20.6. The molecule has 1 aliphatic heterocycles. The van der Waals surface area contributed by atoms with E-state index in [2.05, 4.69) is 15.6 Å². The molecule has 1 aromatic rings. The molecule has 1 aromatic carbocycles. The molecule has 1 heterocycles. The Bertz CT molecular complexity index is 770. The van der Waals surface area contributed by atoms with E-state index in [4.69, 9.17) is 4.74 Å². The summed E-state index contributed by atoms with van der Waals surface area (Å²) < 4.78 is 41.9. The van der Waals surface area contributed by atoms with Crippen LogP contribution in [0, 0.1) is 5.92 Å². The predicted octanol–water partition coefficient (Wildman–Crippen LogP) is 4.09. The normalized spacial score (nSPS) is 19.6. The fraction of sp³-hybridized carbons (Fsp3) is 0.636. The molecule has 6 nitrogen and oxygen atoms in total. The van der Waals surface area contributed by atoms with Gasteiger partial charge in [0.2, 0.25) is 5.91 Å². The van der Waals surface area contributed by atoms with E-state index in [1.165, 1.54) is 6.07 Å². The van der Waals surface area contributed by atoms with E-state index >= 15 is 0 Å². The smallest absolute Gasteiger partial charge is 0.422 e. The number of alkyl halides is 3. The van der Waals surface area contributed by atoms with E-state index in [9.17, 15) is 18.0 Å². The van der Waals surface area contributed by atoms with Crippen LogP contribution in [0.1, 0.15) is 44.6 Å². The van der Waals surface area contributed by atoms with Crippen LogP contribution >= 0.6 is 24.0 Å². The van der Waals surface area contributed by atoms with Gasteiger partial charge in [0.1, 0.15) is 5.75 Å². The average Bonchev–Trinajstić information content (AvgIpc) is 3.42. The minimum Gasteiger partial charge on any atom is -0.484 e. The van der Waals surface area contributed by atoms with Crippen LogP contribution in [0.5, 0.6) is 5.75 Å². The van der Waals surface area contributed by atoms with E-state index in [0.717, 1.165) is 44.2 Å². The van der Waals surface area contributed by atoms with Gasteiger partial charge in [0.15, 0.2) is 12.6 Å². The lowest BCUT2D eigenvalue weighted by atomic mass is 10.1. The van der Waals surface area contributed by atoms with Crippen molar-refractivity contribution < 1.29 is 22.7 Å². The minimum atomic E-state index is -4.37. The highest BCUT2D eigenvalue weighted by molar-refractivity contribution is 14.0. The number of halogens is 4. The largest absolute Gasteiger partial charge is 0.484 e. The van der Waals surface area contributed by atoms with Crippen molar-refractivity contribution in [2.45, 2.75) is 57.8 Å². The van der Waals surface area contributed by atoms with Crippen molar-refractivity contribution in [2.75, 3.05) is 26.2 Å². The van der Waals surface area contributed by atoms with Gasteiger partial charge in [-0.2, -0.15) is 13.2 Å². The van der Waals surface area contributed by atoms with Crippen molar-refractivity contribution in [1.29, 1.82) is 0 Å². The number of nitrogens with zero attached hydrogens (tertiary/aromatic N) is 2. The van der Waals surface area contributed by atoms with Gasteiger partial charge in [-0.15, -0.1) is 24.0 Å². The summed E-state index contributed by atoms with van der Waals surface area (Å²) in [5.74, 6) is 1.26. The molecule has 1 saturated heterocycles. The number of hydrogen-bond donors (Lipinski definition) is 2. The number of carbonyl (C=O) groups excluding carboxylic acids is 1. The maximum atomic E-state index is 12.6. The first-order chi connectivity index (χ1) is 14.8. The molecule has 0 bridgehead atoms. The van der Waals surface area contributed by atoms with Crippen LogP contribution in [0.3, 0.4) is 0 Å². The molecule has 0 spiro atoms. The summed E-state index contributed by atoms with van der Waals surface area (Å²) in [6.07, 6.45) is 0.790. The van der Waals surface area contributed by atoms with E-state index < -0.39 is 12.8 Å². The fourth-order valence-corrected chi connectivity index (χ4v) is 4.09. The number of guanidine groups is 1. The topological polar surface area (TPSA) is 66.0 Å². The zero-order chi connectivity index (χ0) is 22.3. The number of hydrogen-bond acceptors (Lipinski definition) is 3. The molecule has 0 aromatic heterocycles. The Hall–Kier alpha value is -1.72. The van der Waals surface area contributed by atoms with Crippen molar-refractivity contribution in [3.8, 4) is 5.75 Å². The van der Waals surface area contributed by atoms with Crippen molar-refractivity contribution >= 4 is 35.8 Å². The van der Waals surface area contributed by atoms with Gasteiger partial charge in [-0.25, -0.2) is 4.99 Å². The second kappa shape index (κ2) is 12.5. The molecule has 2 aliphatic rings. The van der Waals surface area contributed by atoms with Crippen molar-refractivity contribution in [3.63, 3.8) is 0 Å². The predicted molar refractivity (Wildman–Crippen MR) is 128 cm³/mol. The zero-order valence-electron chi connectivity index (χ0n) is 18.3. The number of ether oxygens (including phenoxy) is 1. The van der Waals surface area contributed by atoms with Gasteiger partial charge >= 0.3 is 6.18 Å². The maximum absolute atomic E-state index is 12.6. The molecule has 180 valence electrons. The van der Waals surface area contributed by atoms with Gasteiger partial charge in [-0.1, -0.05) is 25.0 Å². The molecule has 1 aliphatic carbocycles. The average molecular weight is 568 g/mol. The second-order valence-electron chi connectivity index (χ2n) is 8.14. The first kappa shape index (κ1) is 26.5. The lowest BCUT2D eigenvalue weighted by Crippen LogP contribution is -2.45. The summed E-state index contributed by atoms with van der Waals surface area (Å²) in [5.41, 5.74) is 0.751. The van der Waals surface area contributed by atoms with Crippen molar-refractivity contribution in [3.05, 3.63) is 29.8 Å². The number of rotatable bonds is 7. The molecule has 1 saturated carbocycles. The van der Waals surface area contributed by atoms with Gasteiger partial charge in [0.05, 0.1) is 6.54 Å². The highest BCUT2D eigenvalue weighted by Gasteiger charge is 2.32. The third-order valence-corrected chi connectivity index (χ3v) is 5.61. The quantitative estimate of drug-likeness (QED) is 0.296. The summed E-state index contributed by atoms with van der Waals surface area (Å²) in [5, 5.41) is 6.58. The number of aliphatic imine (C=N–C) groups is 1. The molecule has 32 heavy (non-hydrogen) atoms. The molecule has 1 atom stereocenters. The van der Waals surface area contributed by atoms with Gasteiger partial charge < -0.3 is 20.3 Å². The lowest BCUT2D eigenvalue weighted by molar-refractivity contribution is -0.153. The molecular formula is C22H32F3IN4O2. The lowest BCUT2D eigenvalue weighted by Gasteiger charge is -2.21. The van der Waals surface area contributed by atoms with E-state index in [1.54, 1.807) is 18.2 Å². The number of nitrogens with one attached hydrogen (secondary N) is 2. The Labute approximate surface area is 204 Å². The van der Waals surface area contributed by atoms with Gasteiger partial charge in [-0.05, 0) is 43.9 Å². The summed E-state index contributed by atoms with van der Waals surface area (Å²) in [6, 6.07) is 6.64. The number of amides is 1. The molecular weight excluding hydrogens is 536 g/mol. The fourth-order valence-electron chi connectivity index (χ4n) is 4.09. The molecule has 1 amide bonds. The Kier molecular flexibility index (Phi) is 10.4. The molecule has 1 unspecified atom stereocenters. The van der Waals surface area contributed by atoms with Crippen LogP contribution in [0.2, 0.25) is 0 Å². The molecule has 2 N–H and O–H groups in total. The summed E-state index contributed by atoms with van der Waals surface area (Å²) in [7, 11) is 0. The summed E-state index contributed by atoms with van der Waals surface area (Å²) in [4.78, 5) is 19.1. The van der Waals surface area contributed by atoms with Gasteiger partial charge in [0.25, 0.3) is 0 Å². The van der Waals surface area contributed by atoms with Crippen LogP contribution < -0.4 is 15.4 Å². The molecule has 0 radical (unpaired) electrons. The highest BCUT2D eigenvalue weighted by atomic mass is 127. The summed E-state index contributed by atoms with van der Waals surface area (Å²) in [6.45, 7) is 3.05. The Balaban J connectivity index is 0.00000363. The van der Waals surface area contributed by atoms with E-state index in [-0.39, 0.29) is 47.6 Å². The van der Waals surface area contributed by atoms with Crippen LogP contribution in [-0.2, 0) is 11.3 Å². The maximum Gasteiger partial charge on any atom is 0.422 e. The summed E-state index contributed by atoms with van der Waals surface area (Å²) >= 11 is 0. The Morgan fingerprint density at radius 3 is 2.69 bits per heavy atom. The molecule has 2 fully saturated rings. The van der Waals surface area contributed by atoms with Crippen LogP contribution in [-0.4, -0.2) is 55.2 Å².